The fraction of sp³-hybridized carbons (Fsp3) is 0.368. The van der Waals surface area contributed by atoms with Crippen LogP contribution in [0.3, 0.4) is 0 Å². The SMILES string of the molecule is O=C1NC2(CCOC2)Cn2c(CO)cc(=O)c(OCc3ccccc3)c21. The van der Waals surface area contributed by atoms with Crippen molar-refractivity contribution in [3.63, 3.8) is 0 Å². The van der Waals surface area contributed by atoms with Gasteiger partial charge in [-0.25, -0.2) is 0 Å². The molecular formula is C19H20N2O5. The zero-order chi connectivity index (χ0) is 18.1. The van der Waals surface area contributed by atoms with Gasteiger partial charge < -0.3 is 24.5 Å². The number of pyridine rings is 1. The number of carbonyl (C=O) groups is 1. The molecule has 1 atom stereocenters. The second-order valence-corrected chi connectivity index (χ2v) is 6.73. The second kappa shape index (κ2) is 6.59. The number of ether oxygens (including phenoxy) is 2. The van der Waals surface area contributed by atoms with Gasteiger partial charge in [0.2, 0.25) is 5.43 Å². The van der Waals surface area contributed by atoms with E-state index in [1.165, 1.54) is 6.07 Å². The van der Waals surface area contributed by atoms with Gasteiger partial charge in [-0.3, -0.25) is 9.59 Å². The number of rotatable bonds is 4. The van der Waals surface area contributed by atoms with Crippen LogP contribution < -0.4 is 15.5 Å². The van der Waals surface area contributed by atoms with Crippen LogP contribution in [0.4, 0.5) is 0 Å². The summed E-state index contributed by atoms with van der Waals surface area (Å²) in [5, 5.41) is 12.7. The van der Waals surface area contributed by atoms with Crippen molar-refractivity contribution in [2.45, 2.75) is 31.7 Å². The fourth-order valence-corrected chi connectivity index (χ4v) is 3.56. The standard InChI is InChI=1S/C19H20N2O5/c22-9-14-8-15(23)17(26-10-13-4-2-1-3-5-13)16-18(24)20-19(11-21(14)16)6-7-25-12-19/h1-5,8,22H,6-7,9-12H2,(H,20,24). The van der Waals surface area contributed by atoms with Crippen LogP contribution in [-0.2, 0) is 24.5 Å². The van der Waals surface area contributed by atoms with Gasteiger partial charge in [0.25, 0.3) is 5.91 Å². The largest absolute Gasteiger partial charge is 0.483 e. The van der Waals surface area contributed by atoms with Gasteiger partial charge in [-0.2, -0.15) is 0 Å². The van der Waals surface area contributed by atoms with E-state index in [9.17, 15) is 14.7 Å². The highest BCUT2D eigenvalue weighted by Crippen LogP contribution is 2.30. The molecule has 7 nitrogen and oxygen atoms in total. The molecule has 1 unspecified atom stereocenters. The Morgan fingerprint density at radius 1 is 1.27 bits per heavy atom. The third-order valence-corrected chi connectivity index (χ3v) is 4.90. The topological polar surface area (TPSA) is 89.8 Å². The number of benzene rings is 1. The smallest absolute Gasteiger partial charge is 0.272 e. The summed E-state index contributed by atoms with van der Waals surface area (Å²) in [6.07, 6.45) is 0.690. The van der Waals surface area contributed by atoms with Gasteiger partial charge in [0, 0.05) is 24.9 Å². The predicted octanol–water partition coefficient (Wildman–Crippen LogP) is 0.822. The molecule has 7 heteroatoms. The van der Waals surface area contributed by atoms with Crippen LogP contribution in [-0.4, -0.2) is 34.3 Å². The van der Waals surface area contributed by atoms with E-state index in [1.807, 2.05) is 30.3 Å². The number of carbonyl (C=O) groups excluding carboxylic acids is 1. The van der Waals surface area contributed by atoms with Crippen LogP contribution in [0.25, 0.3) is 0 Å². The van der Waals surface area contributed by atoms with E-state index < -0.39 is 11.0 Å². The summed E-state index contributed by atoms with van der Waals surface area (Å²) in [5.41, 5.74) is 0.548. The third-order valence-electron chi connectivity index (χ3n) is 4.90. The summed E-state index contributed by atoms with van der Waals surface area (Å²) in [6, 6.07) is 10.8. The maximum absolute atomic E-state index is 12.8. The van der Waals surface area contributed by atoms with E-state index in [1.54, 1.807) is 4.57 Å². The predicted molar refractivity (Wildman–Crippen MR) is 93.0 cm³/mol. The van der Waals surface area contributed by atoms with Crippen LogP contribution in [0.1, 0.15) is 28.2 Å². The first-order valence-electron chi connectivity index (χ1n) is 8.56. The molecule has 2 aromatic rings. The van der Waals surface area contributed by atoms with Crippen molar-refractivity contribution in [3.05, 3.63) is 63.6 Å². The maximum atomic E-state index is 12.8. The molecule has 0 aliphatic carbocycles. The normalized spacial score (nSPS) is 21.5. The molecule has 0 saturated carbocycles. The van der Waals surface area contributed by atoms with Crippen molar-refractivity contribution in [3.8, 4) is 5.75 Å². The minimum Gasteiger partial charge on any atom is -0.483 e. The van der Waals surface area contributed by atoms with Crippen LogP contribution in [0.5, 0.6) is 5.75 Å². The highest BCUT2D eigenvalue weighted by molar-refractivity contribution is 5.96. The number of aliphatic hydroxyl groups is 1. The quantitative estimate of drug-likeness (QED) is 0.847. The Balaban J connectivity index is 1.74. The number of aliphatic hydroxyl groups excluding tert-OH is 1. The van der Waals surface area contributed by atoms with Gasteiger partial charge in [0.15, 0.2) is 11.4 Å². The van der Waals surface area contributed by atoms with Crippen LogP contribution in [0.15, 0.2) is 41.2 Å². The molecule has 26 heavy (non-hydrogen) atoms. The molecule has 1 amide bonds. The molecule has 1 aromatic carbocycles. The summed E-state index contributed by atoms with van der Waals surface area (Å²) in [5.74, 6) is -0.366. The molecule has 4 rings (SSSR count). The van der Waals surface area contributed by atoms with E-state index >= 15 is 0 Å². The van der Waals surface area contributed by atoms with Gasteiger partial charge in [0.1, 0.15) is 6.61 Å². The van der Waals surface area contributed by atoms with Crippen LogP contribution >= 0.6 is 0 Å². The molecule has 1 spiro atoms. The Kier molecular flexibility index (Phi) is 4.26. The van der Waals surface area contributed by atoms with Gasteiger partial charge in [-0.15, -0.1) is 0 Å². The molecule has 2 aliphatic rings. The van der Waals surface area contributed by atoms with Crippen molar-refractivity contribution in [2.24, 2.45) is 0 Å². The first-order chi connectivity index (χ1) is 12.6. The lowest BCUT2D eigenvalue weighted by Gasteiger charge is -2.37. The average Bonchev–Trinajstić information content (AvgIpc) is 3.09. The van der Waals surface area contributed by atoms with Crippen LogP contribution in [0.2, 0.25) is 0 Å². The molecule has 1 saturated heterocycles. The number of fused-ring (bicyclic) bond motifs is 1. The van der Waals surface area contributed by atoms with Gasteiger partial charge in [0.05, 0.1) is 18.8 Å². The first-order valence-corrected chi connectivity index (χ1v) is 8.56. The fourth-order valence-electron chi connectivity index (χ4n) is 3.56. The number of hydrogen-bond donors (Lipinski definition) is 2. The van der Waals surface area contributed by atoms with Gasteiger partial charge in [-0.1, -0.05) is 30.3 Å². The van der Waals surface area contributed by atoms with Crippen molar-refractivity contribution in [1.82, 2.24) is 9.88 Å². The zero-order valence-electron chi connectivity index (χ0n) is 14.2. The molecule has 0 radical (unpaired) electrons. The molecule has 1 aromatic heterocycles. The summed E-state index contributed by atoms with van der Waals surface area (Å²) in [4.78, 5) is 25.3. The Hall–Kier alpha value is -2.64. The lowest BCUT2D eigenvalue weighted by atomic mass is 9.94. The number of amides is 1. The summed E-state index contributed by atoms with van der Waals surface area (Å²) >= 11 is 0. The first kappa shape index (κ1) is 16.8. The Morgan fingerprint density at radius 3 is 2.77 bits per heavy atom. The number of hydrogen-bond acceptors (Lipinski definition) is 5. The van der Waals surface area contributed by atoms with Crippen molar-refractivity contribution < 1.29 is 19.4 Å². The molecule has 3 heterocycles. The minimum absolute atomic E-state index is 0.0114. The van der Waals surface area contributed by atoms with E-state index in [-0.39, 0.29) is 30.6 Å². The Bertz CT molecular complexity index is 885. The van der Waals surface area contributed by atoms with E-state index in [0.29, 0.717) is 31.9 Å². The molecule has 2 aliphatic heterocycles. The van der Waals surface area contributed by atoms with E-state index in [2.05, 4.69) is 5.32 Å². The average molecular weight is 356 g/mol. The third kappa shape index (κ3) is 2.89. The molecule has 136 valence electrons. The maximum Gasteiger partial charge on any atom is 0.272 e. The summed E-state index contributed by atoms with van der Waals surface area (Å²) < 4.78 is 12.9. The van der Waals surface area contributed by atoms with E-state index in [4.69, 9.17) is 9.47 Å². The highest BCUT2D eigenvalue weighted by Gasteiger charge is 2.43. The summed E-state index contributed by atoms with van der Waals surface area (Å²) in [7, 11) is 0. The number of aromatic nitrogens is 1. The van der Waals surface area contributed by atoms with Gasteiger partial charge in [-0.05, 0) is 12.0 Å². The number of nitrogens with zero attached hydrogens (tertiary/aromatic N) is 1. The Morgan fingerprint density at radius 2 is 2.08 bits per heavy atom. The summed E-state index contributed by atoms with van der Waals surface area (Å²) in [6.45, 7) is 1.28. The molecule has 2 N–H and O–H groups in total. The van der Waals surface area contributed by atoms with Crippen molar-refractivity contribution in [2.75, 3.05) is 13.2 Å². The number of nitrogens with one attached hydrogen (secondary N) is 1. The monoisotopic (exact) mass is 356 g/mol. The minimum atomic E-state index is -0.500. The zero-order valence-corrected chi connectivity index (χ0v) is 14.2. The molecular weight excluding hydrogens is 336 g/mol. The molecule has 1 fully saturated rings. The lowest BCUT2D eigenvalue weighted by molar-refractivity contribution is 0.0787. The molecule has 0 bridgehead atoms. The van der Waals surface area contributed by atoms with Crippen molar-refractivity contribution in [1.29, 1.82) is 0 Å². The van der Waals surface area contributed by atoms with E-state index in [0.717, 1.165) is 5.56 Å². The second-order valence-electron chi connectivity index (χ2n) is 6.73. The van der Waals surface area contributed by atoms with Crippen LogP contribution in [0, 0.1) is 0 Å². The Labute approximate surface area is 150 Å². The highest BCUT2D eigenvalue weighted by atomic mass is 16.5. The lowest BCUT2D eigenvalue weighted by Crippen LogP contribution is -2.57. The van der Waals surface area contributed by atoms with Gasteiger partial charge >= 0.3 is 0 Å². The van der Waals surface area contributed by atoms with Crippen molar-refractivity contribution >= 4 is 5.91 Å².